The Balaban J connectivity index is 2.51. The Kier molecular flexibility index (Phi) is 3.29. The standard InChI is InChI=1S/C14H19N3/c1-9-6-12-7-11(3)14(16-5-4-15)17-13(12)8-10(9)2/h6-8H,4-5,15H2,1-3H3,(H,16,17). The smallest absolute Gasteiger partial charge is 0.129 e. The topological polar surface area (TPSA) is 50.9 Å². The Labute approximate surface area is 102 Å². The van der Waals surface area contributed by atoms with E-state index in [1.807, 2.05) is 0 Å². The lowest BCUT2D eigenvalue weighted by Crippen LogP contribution is -2.14. The molecule has 17 heavy (non-hydrogen) atoms. The molecule has 0 saturated heterocycles. The summed E-state index contributed by atoms with van der Waals surface area (Å²) in [5.41, 5.74) is 10.3. The molecule has 0 aliphatic rings. The maximum atomic E-state index is 5.49. The van der Waals surface area contributed by atoms with Crippen molar-refractivity contribution < 1.29 is 0 Å². The van der Waals surface area contributed by atoms with Crippen molar-refractivity contribution in [3.63, 3.8) is 0 Å². The van der Waals surface area contributed by atoms with Crippen LogP contribution < -0.4 is 11.1 Å². The number of rotatable bonds is 3. The molecule has 0 bridgehead atoms. The maximum Gasteiger partial charge on any atom is 0.129 e. The molecule has 3 heteroatoms. The summed E-state index contributed by atoms with van der Waals surface area (Å²) in [6.45, 7) is 7.69. The van der Waals surface area contributed by atoms with Gasteiger partial charge in [-0.3, -0.25) is 0 Å². The van der Waals surface area contributed by atoms with Crippen LogP contribution in [0.5, 0.6) is 0 Å². The molecule has 0 spiro atoms. The first-order chi connectivity index (χ1) is 8.11. The monoisotopic (exact) mass is 229 g/mol. The van der Waals surface area contributed by atoms with E-state index in [9.17, 15) is 0 Å². The molecule has 0 atom stereocenters. The Morgan fingerprint density at radius 2 is 1.71 bits per heavy atom. The first kappa shape index (κ1) is 11.9. The van der Waals surface area contributed by atoms with Gasteiger partial charge in [-0.2, -0.15) is 0 Å². The normalized spacial score (nSPS) is 10.8. The molecule has 2 rings (SSSR count). The van der Waals surface area contributed by atoms with E-state index < -0.39 is 0 Å². The highest BCUT2D eigenvalue weighted by Gasteiger charge is 2.04. The van der Waals surface area contributed by atoms with Gasteiger partial charge in [0.05, 0.1) is 5.52 Å². The van der Waals surface area contributed by atoms with Crippen molar-refractivity contribution in [3.05, 3.63) is 34.9 Å². The van der Waals surface area contributed by atoms with Gasteiger partial charge in [-0.25, -0.2) is 4.98 Å². The largest absolute Gasteiger partial charge is 0.369 e. The summed E-state index contributed by atoms with van der Waals surface area (Å²) in [6, 6.07) is 6.50. The van der Waals surface area contributed by atoms with E-state index in [0.717, 1.165) is 23.4 Å². The number of pyridine rings is 1. The van der Waals surface area contributed by atoms with Crippen molar-refractivity contribution in [1.29, 1.82) is 0 Å². The third-order valence-electron chi connectivity index (χ3n) is 3.06. The van der Waals surface area contributed by atoms with Gasteiger partial charge < -0.3 is 11.1 Å². The highest BCUT2D eigenvalue weighted by atomic mass is 15.0. The molecule has 2 aromatic rings. The van der Waals surface area contributed by atoms with Gasteiger partial charge in [0.2, 0.25) is 0 Å². The summed E-state index contributed by atoms with van der Waals surface area (Å²) in [4.78, 5) is 4.65. The van der Waals surface area contributed by atoms with Crippen LogP contribution in [0.2, 0.25) is 0 Å². The Hall–Kier alpha value is -1.61. The summed E-state index contributed by atoms with van der Waals surface area (Å²) in [5, 5.41) is 4.45. The minimum absolute atomic E-state index is 0.617. The summed E-state index contributed by atoms with van der Waals surface area (Å²) >= 11 is 0. The van der Waals surface area contributed by atoms with Crippen molar-refractivity contribution in [2.24, 2.45) is 5.73 Å². The molecule has 0 radical (unpaired) electrons. The number of nitrogens with zero attached hydrogens (tertiary/aromatic N) is 1. The number of fused-ring (bicyclic) bond motifs is 1. The first-order valence-corrected chi connectivity index (χ1v) is 5.94. The van der Waals surface area contributed by atoms with Crippen molar-refractivity contribution in [2.45, 2.75) is 20.8 Å². The number of benzene rings is 1. The van der Waals surface area contributed by atoms with E-state index in [1.54, 1.807) is 0 Å². The molecule has 0 aliphatic carbocycles. The molecule has 0 fully saturated rings. The van der Waals surface area contributed by atoms with Crippen LogP contribution in [0.3, 0.4) is 0 Å². The Morgan fingerprint density at radius 3 is 2.41 bits per heavy atom. The van der Waals surface area contributed by atoms with Crippen LogP contribution in [0, 0.1) is 20.8 Å². The lowest BCUT2D eigenvalue weighted by Gasteiger charge is -2.10. The molecular formula is C14H19N3. The van der Waals surface area contributed by atoms with Crippen LogP contribution in [-0.4, -0.2) is 18.1 Å². The zero-order chi connectivity index (χ0) is 12.4. The first-order valence-electron chi connectivity index (χ1n) is 5.94. The Bertz CT molecular complexity index is 547. The van der Waals surface area contributed by atoms with Crippen molar-refractivity contribution in [1.82, 2.24) is 4.98 Å². The SMILES string of the molecule is Cc1cc2cc(C)c(NCCN)nc2cc1C. The van der Waals surface area contributed by atoms with E-state index in [-0.39, 0.29) is 0 Å². The second-order valence-electron chi connectivity index (χ2n) is 4.50. The molecular weight excluding hydrogens is 210 g/mol. The third-order valence-corrected chi connectivity index (χ3v) is 3.06. The fraction of sp³-hybridized carbons (Fsp3) is 0.357. The second kappa shape index (κ2) is 4.72. The molecule has 0 aliphatic heterocycles. The summed E-state index contributed by atoms with van der Waals surface area (Å²) in [6.07, 6.45) is 0. The maximum absolute atomic E-state index is 5.49. The van der Waals surface area contributed by atoms with Gasteiger partial charge in [-0.1, -0.05) is 0 Å². The van der Waals surface area contributed by atoms with Crippen LogP contribution in [0.4, 0.5) is 5.82 Å². The van der Waals surface area contributed by atoms with Crippen LogP contribution in [-0.2, 0) is 0 Å². The lowest BCUT2D eigenvalue weighted by molar-refractivity contribution is 1.01. The van der Waals surface area contributed by atoms with Crippen LogP contribution in [0.25, 0.3) is 10.9 Å². The van der Waals surface area contributed by atoms with Crippen LogP contribution in [0.15, 0.2) is 18.2 Å². The molecule has 3 nitrogen and oxygen atoms in total. The van der Waals surface area contributed by atoms with E-state index >= 15 is 0 Å². The second-order valence-corrected chi connectivity index (χ2v) is 4.50. The van der Waals surface area contributed by atoms with Gasteiger partial charge in [0.1, 0.15) is 5.82 Å². The number of nitrogens with two attached hydrogens (primary N) is 1. The molecule has 3 N–H and O–H groups in total. The summed E-state index contributed by atoms with van der Waals surface area (Å²) in [5.74, 6) is 0.936. The van der Waals surface area contributed by atoms with Crippen molar-refractivity contribution in [3.8, 4) is 0 Å². The number of aromatic nitrogens is 1. The van der Waals surface area contributed by atoms with Crippen molar-refractivity contribution in [2.75, 3.05) is 18.4 Å². The predicted octanol–water partition coefficient (Wildman–Crippen LogP) is 2.53. The average Bonchev–Trinajstić information content (AvgIpc) is 2.29. The molecule has 1 aromatic heterocycles. The minimum Gasteiger partial charge on any atom is -0.369 e. The van der Waals surface area contributed by atoms with Gasteiger partial charge in [0, 0.05) is 18.5 Å². The average molecular weight is 229 g/mol. The Morgan fingerprint density at radius 1 is 1.06 bits per heavy atom. The lowest BCUT2D eigenvalue weighted by atomic mass is 10.1. The van der Waals surface area contributed by atoms with Gasteiger partial charge in [-0.15, -0.1) is 0 Å². The molecule has 0 unspecified atom stereocenters. The summed E-state index contributed by atoms with van der Waals surface area (Å²) < 4.78 is 0. The van der Waals surface area contributed by atoms with E-state index in [1.165, 1.54) is 16.5 Å². The number of nitrogens with one attached hydrogen (secondary N) is 1. The fourth-order valence-electron chi connectivity index (χ4n) is 1.92. The third kappa shape index (κ3) is 2.39. The van der Waals surface area contributed by atoms with Gasteiger partial charge >= 0.3 is 0 Å². The highest BCUT2D eigenvalue weighted by molar-refractivity contribution is 5.83. The molecule has 0 saturated carbocycles. The zero-order valence-corrected chi connectivity index (χ0v) is 10.7. The zero-order valence-electron chi connectivity index (χ0n) is 10.7. The van der Waals surface area contributed by atoms with E-state index in [0.29, 0.717) is 6.54 Å². The van der Waals surface area contributed by atoms with Crippen LogP contribution >= 0.6 is 0 Å². The molecule has 0 amide bonds. The molecule has 1 aromatic carbocycles. The summed E-state index contributed by atoms with van der Waals surface area (Å²) in [7, 11) is 0. The predicted molar refractivity (Wildman–Crippen MR) is 73.5 cm³/mol. The molecule has 90 valence electrons. The van der Waals surface area contributed by atoms with Crippen LogP contribution in [0.1, 0.15) is 16.7 Å². The molecule has 1 heterocycles. The number of aryl methyl sites for hydroxylation is 3. The van der Waals surface area contributed by atoms with Gasteiger partial charge in [0.15, 0.2) is 0 Å². The highest BCUT2D eigenvalue weighted by Crippen LogP contribution is 2.22. The number of hydrogen-bond donors (Lipinski definition) is 2. The fourth-order valence-corrected chi connectivity index (χ4v) is 1.92. The quantitative estimate of drug-likeness (QED) is 0.850. The number of anilines is 1. The van der Waals surface area contributed by atoms with Crippen molar-refractivity contribution >= 4 is 16.7 Å². The minimum atomic E-state index is 0.617. The van der Waals surface area contributed by atoms with Gasteiger partial charge in [0.25, 0.3) is 0 Å². The number of hydrogen-bond acceptors (Lipinski definition) is 3. The van der Waals surface area contributed by atoms with Gasteiger partial charge in [-0.05, 0) is 55.7 Å². The van der Waals surface area contributed by atoms with E-state index in [4.69, 9.17) is 5.73 Å². The van der Waals surface area contributed by atoms with E-state index in [2.05, 4.69) is 49.3 Å².